The number of para-hydroxylation sites is 1. The van der Waals surface area contributed by atoms with Crippen molar-refractivity contribution in [1.82, 2.24) is 5.32 Å². The van der Waals surface area contributed by atoms with Crippen LogP contribution in [-0.2, 0) is 30.3 Å². The molecule has 0 spiro atoms. The van der Waals surface area contributed by atoms with Gasteiger partial charge in [-0.05, 0) is 35.4 Å². The number of carbonyl (C=O) groups excluding carboxylic acids is 4. The highest BCUT2D eigenvalue weighted by Gasteiger charge is 2.69. The van der Waals surface area contributed by atoms with Crippen LogP contribution in [0.3, 0.4) is 0 Å². The zero-order valence-corrected chi connectivity index (χ0v) is 21.7. The minimum absolute atomic E-state index is 0.0716. The number of amides is 2. The van der Waals surface area contributed by atoms with E-state index in [4.69, 9.17) is 14.2 Å². The summed E-state index contributed by atoms with van der Waals surface area (Å²) in [5.41, 5.74) is 0.128. The number of benzene rings is 3. The molecular formula is C30H28N2O7. The number of rotatable bonds is 7. The molecule has 1 N–H and O–H groups in total. The Labute approximate surface area is 225 Å². The van der Waals surface area contributed by atoms with Crippen LogP contribution in [0.2, 0.25) is 0 Å². The van der Waals surface area contributed by atoms with Crippen molar-refractivity contribution >= 4 is 29.4 Å². The zero-order valence-electron chi connectivity index (χ0n) is 21.7. The second-order valence-corrected chi connectivity index (χ2v) is 9.54. The van der Waals surface area contributed by atoms with Gasteiger partial charge in [-0.25, -0.2) is 9.69 Å². The molecule has 2 fully saturated rings. The molecule has 200 valence electrons. The van der Waals surface area contributed by atoms with Gasteiger partial charge in [0, 0.05) is 12.5 Å². The molecule has 39 heavy (non-hydrogen) atoms. The van der Waals surface area contributed by atoms with E-state index < -0.39 is 47.2 Å². The minimum atomic E-state index is -1.55. The summed E-state index contributed by atoms with van der Waals surface area (Å²) in [6, 6.07) is 21.9. The monoisotopic (exact) mass is 528 g/mol. The molecule has 2 heterocycles. The van der Waals surface area contributed by atoms with E-state index in [-0.39, 0.29) is 17.7 Å². The second-order valence-electron chi connectivity index (χ2n) is 9.54. The molecule has 5 rings (SSSR count). The van der Waals surface area contributed by atoms with Crippen molar-refractivity contribution in [3.63, 3.8) is 0 Å². The van der Waals surface area contributed by atoms with E-state index in [0.29, 0.717) is 11.3 Å². The van der Waals surface area contributed by atoms with Gasteiger partial charge >= 0.3 is 11.9 Å². The Morgan fingerprint density at radius 2 is 1.51 bits per heavy atom. The number of ether oxygens (including phenoxy) is 3. The highest BCUT2D eigenvalue weighted by Crippen LogP contribution is 2.51. The quantitative estimate of drug-likeness (QED) is 0.368. The second kappa shape index (κ2) is 10.3. The molecule has 4 atom stereocenters. The average Bonchev–Trinajstić information content (AvgIpc) is 3.45. The maximum absolute atomic E-state index is 14.2. The third kappa shape index (κ3) is 4.24. The fourth-order valence-electron chi connectivity index (χ4n) is 5.81. The van der Waals surface area contributed by atoms with Crippen LogP contribution in [0.1, 0.15) is 27.5 Å². The number of imide groups is 1. The highest BCUT2D eigenvalue weighted by atomic mass is 16.5. The average molecular weight is 529 g/mol. The Hall–Kier alpha value is -4.50. The summed E-state index contributed by atoms with van der Waals surface area (Å²) in [5.74, 6) is -3.87. The summed E-state index contributed by atoms with van der Waals surface area (Å²) >= 11 is 0. The molecule has 2 saturated heterocycles. The first kappa shape index (κ1) is 26.1. The van der Waals surface area contributed by atoms with Crippen molar-refractivity contribution in [1.29, 1.82) is 0 Å². The van der Waals surface area contributed by atoms with E-state index in [1.807, 2.05) is 30.3 Å². The zero-order chi connectivity index (χ0) is 27.7. The lowest BCUT2D eigenvalue weighted by molar-refractivity contribution is -0.152. The van der Waals surface area contributed by atoms with Gasteiger partial charge in [0.1, 0.15) is 11.3 Å². The van der Waals surface area contributed by atoms with Gasteiger partial charge in [-0.1, -0.05) is 54.6 Å². The van der Waals surface area contributed by atoms with E-state index in [1.165, 1.54) is 26.4 Å². The molecule has 0 aliphatic carbocycles. The predicted octanol–water partition coefficient (Wildman–Crippen LogP) is 3.09. The molecule has 0 aromatic heterocycles. The third-order valence-corrected chi connectivity index (χ3v) is 7.55. The first-order chi connectivity index (χ1) is 18.9. The lowest BCUT2D eigenvalue weighted by atomic mass is 9.76. The van der Waals surface area contributed by atoms with Crippen LogP contribution in [0, 0.1) is 11.8 Å². The summed E-state index contributed by atoms with van der Waals surface area (Å²) in [7, 11) is 4.04. The van der Waals surface area contributed by atoms with Gasteiger partial charge in [-0.15, -0.1) is 0 Å². The molecule has 3 aromatic carbocycles. The summed E-state index contributed by atoms with van der Waals surface area (Å²) in [6.07, 6.45) is 0.111. The van der Waals surface area contributed by atoms with Gasteiger partial charge in [-0.2, -0.15) is 0 Å². The van der Waals surface area contributed by atoms with Crippen LogP contribution in [-0.4, -0.2) is 50.6 Å². The van der Waals surface area contributed by atoms with Gasteiger partial charge in [0.05, 0.1) is 44.4 Å². The summed E-state index contributed by atoms with van der Waals surface area (Å²) in [5, 5.41) is 3.37. The van der Waals surface area contributed by atoms with Crippen molar-refractivity contribution in [3.8, 4) is 5.75 Å². The first-order valence-electron chi connectivity index (χ1n) is 12.5. The van der Waals surface area contributed by atoms with E-state index in [0.717, 1.165) is 10.5 Å². The molecule has 0 unspecified atom stereocenters. The molecule has 2 amide bonds. The normalized spacial score (nSPS) is 23.9. The smallest absolute Gasteiger partial charge is 0.339 e. The van der Waals surface area contributed by atoms with Gasteiger partial charge in [0.2, 0.25) is 11.8 Å². The van der Waals surface area contributed by atoms with Crippen LogP contribution < -0.4 is 15.0 Å². The van der Waals surface area contributed by atoms with Crippen molar-refractivity contribution in [3.05, 3.63) is 95.6 Å². The van der Waals surface area contributed by atoms with Crippen molar-refractivity contribution in [2.45, 2.75) is 18.0 Å². The Morgan fingerprint density at radius 1 is 0.846 bits per heavy atom. The maximum Gasteiger partial charge on any atom is 0.339 e. The molecule has 9 heteroatoms. The van der Waals surface area contributed by atoms with Crippen molar-refractivity contribution in [2.24, 2.45) is 11.8 Å². The van der Waals surface area contributed by atoms with E-state index >= 15 is 0 Å². The molecular weight excluding hydrogens is 500 g/mol. The summed E-state index contributed by atoms with van der Waals surface area (Å²) in [4.78, 5) is 55.6. The Kier molecular flexibility index (Phi) is 6.93. The van der Waals surface area contributed by atoms with Crippen LogP contribution in [0.15, 0.2) is 78.9 Å². The van der Waals surface area contributed by atoms with Crippen LogP contribution in [0.25, 0.3) is 0 Å². The highest BCUT2D eigenvalue weighted by molar-refractivity contribution is 6.25. The Bertz CT molecular complexity index is 1420. The number of carbonyl (C=O) groups is 4. The third-order valence-electron chi connectivity index (χ3n) is 7.55. The van der Waals surface area contributed by atoms with Crippen molar-refractivity contribution in [2.75, 3.05) is 26.2 Å². The van der Waals surface area contributed by atoms with Crippen LogP contribution in [0.5, 0.6) is 5.75 Å². The molecule has 9 nitrogen and oxygen atoms in total. The first-order valence-corrected chi connectivity index (χ1v) is 12.5. The molecule has 0 bridgehead atoms. The lowest BCUT2D eigenvalue weighted by Crippen LogP contribution is -2.58. The SMILES string of the molecule is COC(=O)c1ccccc1N1C(=O)[C@@H]2[C@@H](c3ccc(OC)cc3)N[C@](Cc3ccccc3)(C(=O)OC)[C@@H]2C1=O. The van der Waals surface area contributed by atoms with Gasteiger partial charge in [0.15, 0.2) is 0 Å². The topological polar surface area (TPSA) is 111 Å². The lowest BCUT2D eigenvalue weighted by Gasteiger charge is -2.33. The van der Waals surface area contributed by atoms with Gasteiger partial charge in [0.25, 0.3) is 0 Å². The minimum Gasteiger partial charge on any atom is -0.497 e. The number of esters is 2. The number of nitrogens with one attached hydrogen (secondary N) is 1. The number of fused-ring (bicyclic) bond motifs is 1. The molecule has 3 aromatic rings. The number of nitrogens with zero attached hydrogens (tertiary/aromatic N) is 1. The number of methoxy groups -OCH3 is 3. The molecule has 2 aliphatic rings. The van der Waals surface area contributed by atoms with E-state index in [9.17, 15) is 19.2 Å². The van der Waals surface area contributed by atoms with Crippen LogP contribution >= 0.6 is 0 Å². The number of hydrogen-bond acceptors (Lipinski definition) is 8. The van der Waals surface area contributed by atoms with Crippen molar-refractivity contribution < 1.29 is 33.4 Å². The molecule has 2 aliphatic heterocycles. The maximum atomic E-state index is 14.2. The predicted molar refractivity (Wildman–Crippen MR) is 141 cm³/mol. The largest absolute Gasteiger partial charge is 0.497 e. The number of anilines is 1. The molecule has 0 radical (unpaired) electrons. The fraction of sp³-hybridized carbons (Fsp3) is 0.267. The van der Waals surface area contributed by atoms with E-state index in [1.54, 1.807) is 43.5 Å². The van der Waals surface area contributed by atoms with Crippen LogP contribution in [0.4, 0.5) is 5.69 Å². The standard InChI is InChI=1S/C30H28N2O7/c1-37-20-15-13-19(14-16-20)25-23-24(30(31-25,29(36)39-3)17-18-9-5-4-6-10-18)27(34)32(26(23)33)22-12-8-7-11-21(22)28(35)38-2/h4-16,23-25,31H,17H2,1-3H3/t23-,24-,25+,30-/m0/s1. The summed E-state index contributed by atoms with van der Waals surface area (Å²) in [6.45, 7) is 0. The number of hydrogen-bond donors (Lipinski definition) is 1. The summed E-state index contributed by atoms with van der Waals surface area (Å²) < 4.78 is 15.5. The Morgan fingerprint density at radius 3 is 2.15 bits per heavy atom. The van der Waals surface area contributed by atoms with E-state index in [2.05, 4.69) is 5.32 Å². The van der Waals surface area contributed by atoms with Gasteiger partial charge < -0.3 is 14.2 Å². The Balaban J connectivity index is 1.68. The molecule has 0 saturated carbocycles. The van der Waals surface area contributed by atoms with Gasteiger partial charge in [-0.3, -0.25) is 19.7 Å². The fourth-order valence-corrected chi connectivity index (χ4v) is 5.81.